The number of nitrogens with one attached hydrogen (secondary N) is 2. The van der Waals surface area contributed by atoms with Gasteiger partial charge in [0.05, 0.1) is 7.11 Å². The van der Waals surface area contributed by atoms with Crippen LogP contribution in [0.4, 0.5) is 0 Å². The predicted molar refractivity (Wildman–Crippen MR) is 102 cm³/mol. The second kappa shape index (κ2) is 8.01. The first-order valence-electron chi connectivity index (χ1n) is 8.11. The molecule has 28 heavy (non-hydrogen) atoms. The topological polar surface area (TPSA) is 125 Å². The lowest BCUT2D eigenvalue weighted by molar-refractivity contribution is -0.139. The summed E-state index contributed by atoms with van der Waals surface area (Å²) in [7, 11) is 1.53. The average Bonchev–Trinajstić information content (AvgIpc) is 3.08. The monoisotopic (exact) mass is 401 g/mol. The summed E-state index contributed by atoms with van der Waals surface area (Å²) in [6.07, 6.45) is 0. The van der Waals surface area contributed by atoms with E-state index in [1.165, 1.54) is 31.4 Å². The van der Waals surface area contributed by atoms with Crippen LogP contribution in [-0.4, -0.2) is 39.4 Å². The molecule has 0 radical (unpaired) electrons. The van der Waals surface area contributed by atoms with E-state index in [0.717, 1.165) is 0 Å². The summed E-state index contributed by atoms with van der Waals surface area (Å²) in [6, 6.07) is 11.4. The van der Waals surface area contributed by atoms with E-state index in [9.17, 15) is 19.8 Å². The molecule has 1 atom stereocenters. The van der Waals surface area contributed by atoms with E-state index in [2.05, 4.69) is 15.5 Å². The highest BCUT2D eigenvalue weighted by atomic mass is 35.5. The summed E-state index contributed by atoms with van der Waals surface area (Å²) >= 11 is 5.81. The number of halogens is 1. The summed E-state index contributed by atoms with van der Waals surface area (Å²) in [5.41, 5.74) is 0.804. The molecule has 1 amide bonds. The molecule has 0 spiro atoms. The van der Waals surface area contributed by atoms with E-state index in [0.29, 0.717) is 21.9 Å². The maximum Gasteiger partial charge on any atom is 0.330 e. The molecule has 0 aliphatic rings. The molecule has 2 aromatic carbocycles. The number of carbonyl (C=O) groups excluding carboxylic acids is 1. The van der Waals surface area contributed by atoms with E-state index >= 15 is 0 Å². The van der Waals surface area contributed by atoms with Crippen LogP contribution in [0.15, 0.2) is 48.5 Å². The number of aliphatic carboxylic acids is 1. The molecule has 1 unspecified atom stereocenters. The number of H-pyrrole nitrogens is 1. The number of hydrogen-bond acceptors (Lipinski definition) is 5. The van der Waals surface area contributed by atoms with Gasteiger partial charge in [0, 0.05) is 10.6 Å². The summed E-state index contributed by atoms with van der Waals surface area (Å²) < 4.78 is 5.08. The Balaban J connectivity index is 1.84. The molecular formula is C19H16ClN3O5. The SMILES string of the molecule is COc1ccc(-c2n[nH]c(C(=O)NC(C(=O)O)c3ccc(Cl)cc3)c2O)cc1. The number of carbonyl (C=O) groups is 2. The second-order valence-electron chi connectivity index (χ2n) is 5.82. The summed E-state index contributed by atoms with van der Waals surface area (Å²) in [5, 5.41) is 29.0. The summed E-state index contributed by atoms with van der Waals surface area (Å²) in [4.78, 5) is 24.1. The maximum atomic E-state index is 12.5. The Morgan fingerprint density at radius 2 is 1.79 bits per heavy atom. The van der Waals surface area contributed by atoms with Crippen molar-refractivity contribution in [3.8, 4) is 22.8 Å². The van der Waals surface area contributed by atoms with Crippen molar-refractivity contribution in [2.24, 2.45) is 0 Å². The van der Waals surface area contributed by atoms with E-state index in [1.54, 1.807) is 24.3 Å². The number of methoxy groups -OCH3 is 1. The third-order valence-electron chi connectivity index (χ3n) is 4.06. The van der Waals surface area contributed by atoms with Gasteiger partial charge in [-0.2, -0.15) is 5.10 Å². The lowest BCUT2D eigenvalue weighted by Crippen LogP contribution is -2.34. The minimum atomic E-state index is -1.32. The van der Waals surface area contributed by atoms with Crippen LogP contribution in [0.25, 0.3) is 11.3 Å². The van der Waals surface area contributed by atoms with Gasteiger partial charge in [-0.3, -0.25) is 9.89 Å². The van der Waals surface area contributed by atoms with Gasteiger partial charge in [-0.05, 0) is 42.0 Å². The first kappa shape index (κ1) is 19.2. The molecule has 0 aliphatic heterocycles. The molecule has 1 heterocycles. The van der Waals surface area contributed by atoms with Crippen molar-refractivity contribution < 1.29 is 24.5 Å². The Morgan fingerprint density at radius 3 is 2.36 bits per heavy atom. The largest absolute Gasteiger partial charge is 0.504 e. The molecular weight excluding hydrogens is 386 g/mol. The average molecular weight is 402 g/mol. The van der Waals surface area contributed by atoms with Gasteiger partial charge in [0.15, 0.2) is 17.5 Å². The molecule has 0 saturated heterocycles. The third-order valence-corrected chi connectivity index (χ3v) is 4.31. The molecule has 4 N–H and O–H groups in total. The standard InChI is InChI=1S/C19H16ClN3O5/c1-28-13-8-4-10(5-9-13)14-17(24)16(23-22-14)18(25)21-15(19(26)27)11-2-6-12(20)7-3-11/h2-9,15,24H,1H3,(H,21,25)(H,22,23)(H,26,27). The van der Waals surface area contributed by atoms with Gasteiger partial charge in [-0.25, -0.2) is 4.79 Å². The number of aromatic nitrogens is 2. The Labute approximate surface area is 164 Å². The summed E-state index contributed by atoms with van der Waals surface area (Å²) in [6.45, 7) is 0. The van der Waals surface area contributed by atoms with Crippen LogP contribution >= 0.6 is 11.6 Å². The first-order chi connectivity index (χ1) is 13.4. The number of nitrogens with zero attached hydrogens (tertiary/aromatic N) is 1. The van der Waals surface area contributed by atoms with Crippen LogP contribution in [-0.2, 0) is 4.79 Å². The van der Waals surface area contributed by atoms with Gasteiger partial charge in [0.1, 0.15) is 11.4 Å². The van der Waals surface area contributed by atoms with Crippen molar-refractivity contribution in [1.29, 1.82) is 0 Å². The van der Waals surface area contributed by atoms with Crippen LogP contribution in [0.5, 0.6) is 11.5 Å². The fourth-order valence-electron chi connectivity index (χ4n) is 2.59. The van der Waals surface area contributed by atoms with Crippen LogP contribution in [0, 0.1) is 0 Å². The van der Waals surface area contributed by atoms with Crippen molar-refractivity contribution in [3.05, 3.63) is 64.8 Å². The molecule has 9 heteroatoms. The Morgan fingerprint density at radius 1 is 1.14 bits per heavy atom. The number of amides is 1. The number of ether oxygens (including phenoxy) is 1. The lowest BCUT2D eigenvalue weighted by atomic mass is 10.1. The first-order valence-corrected chi connectivity index (χ1v) is 8.49. The quantitative estimate of drug-likeness (QED) is 0.503. The molecule has 8 nitrogen and oxygen atoms in total. The highest BCUT2D eigenvalue weighted by molar-refractivity contribution is 6.30. The van der Waals surface area contributed by atoms with Crippen molar-refractivity contribution in [2.45, 2.75) is 6.04 Å². The Bertz CT molecular complexity index is 999. The predicted octanol–water partition coefficient (Wildman–Crippen LogP) is 3.00. The molecule has 3 aromatic rings. The van der Waals surface area contributed by atoms with Gasteiger partial charge in [-0.1, -0.05) is 23.7 Å². The molecule has 0 bridgehead atoms. The minimum absolute atomic E-state index is 0.158. The maximum absolute atomic E-state index is 12.5. The number of carboxylic acid groups (broad SMARTS) is 1. The fraction of sp³-hybridized carbons (Fsp3) is 0.105. The highest BCUT2D eigenvalue weighted by Gasteiger charge is 2.26. The Hall–Kier alpha value is -3.52. The van der Waals surface area contributed by atoms with Gasteiger partial charge in [0.2, 0.25) is 0 Å². The van der Waals surface area contributed by atoms with E-state index in [4.69, 9.17) is 16.3 Å². The van der Waals surface area contributed by atoms with Crippen LogP contribution in [0.3, 0.4) is 0 Å². The molecule has 0 aliphatic carbocycles. The van der Waals surface area contributed by atoms with Crippen LogP contribution in [0.2, 0.25) is 5.02 Å². The van der Waals surface area contributed by atoms with E-state index in [-0.39, 0.29) is 17.1 Å². The molecule has 144 valence electrons. The summed E-state index contributed by atoms with van der Waals surface area (Å²) in [5.74, 6) is -1.83. The smallest absolute Gasteiger partial charge is 0.330 e. The Kier molecular flexibility index (Phi) is 5.51. The lowest BCUT2D eigenvalue weighted by Gasteiger charge is -2.14. The number of carboxylic acids is 1. The molecule has 3 rings (SSSR count). The van der Waals surface area contributed by atoms with Crippen molar-refractivity contribution in [2.75, 3.05) is 7.11 Å². The van der Waals surface area contributed by atoms with Gasteiger partial charge in [0.25, 0.3) is 5.91 Å². The minimum Gasteiger partial charge on any atom is -0.504 e. The normalized spacial score (nSPS) is 11.6. The zero-order valence-electron chi connectivity index (χ0n) is 14.6. The molecule has 1 aromatic heterocycles. The molecule has 0 saturated carbocycles. The van der Waals surface area contributed by atoms with Crippen molar-refractivity contribution in [1.82, 2.24) is 15.5 Å². The zero-order chi connectivity index (χ0) is 20.3. The third kappa shape index (κ3) is 3.91. The number of benzene rings is 2. The number of aromatic amines is 1. The van der Waals surface area contributed by atoms with Gasteiger partial charge >= 0.3 is 5.97 Å². The van der Waals surface area contributed by atoms with Crippen LogP contribution in [0.1, 0.15) is 22.1 Å². The number of aromatic hydroxyl groups is 1. The van der Waals surface area contributed by atoms with E-state index < -0.39 is 17.9 Å². The zero-order valence-corrected chi connectivity index (χ0v) is 15.4. The molecule has 0 fully saturated rings. The van der Waals surface area contributed by atoms with Crippen molar-refractivity contribution in [3.63, 3.8) is 0 Å². The fourth-order valence-corrected chi connectivity index (χ4v) is 2.72. The highest BCUT2D eigenvalue weighted by Crippen LogP contribution is 2.31. The number of rotatable bonds is 6. The van der Waals surface area contributed by atoms with E-state index in [1.807, 2.05) is 0 Å². The second-order valence-corrected chi connectivity index (χ2v) is 6.26. The van der Waals surface area contributed by atoms with Gasteiger partial charge < -0.3 is 20.3 Å². The number of hydrogen-bond donors (Lipinski definition) is 4. The van der Waals surface area contributed by atoms with Crippen LogP contribution < -0.4 is 10.1 Å². The van der Waals surface area contributed by atoms with Crippen molar-refractivity contribution >= 4 is 23.5 Å². The van der Waals surface area contributed by atoms with Gasteiger partial charge in [-0.15, -0.1) is 0 Å².